The first kappa shape index (κ1) is 14.8. The van der Waals surface area contributed by atoms with Crippen LogP contribution in [0.15, 0.2) is 22.7 Å². The van der Waals surface area contributed by atoms with Gasteiger partial charge in [-0.05, 0) is 30.7 Å². The Morgan fingerprint density at radius 2 is 2.15 bits per heavy atom. The van der Waals surface area contributed by atoms with Gasteiger partial charge in [0.15, 0.2) is 5.13 Å². The van der Waals surface area contributed by atoms with Crippen molar-refractivity contribution < 1.29 is 4.79 Å². The summed E-state index contributed by atoms with van der Waals surface area (Å²) in [6.07, 6.45) is 0. The zero-order chi connectivity index (χ0) is 14.9. The van der Waals surface area contributed by atoms with Crippen LogP contribution in [0.25, 0.3) is 0 Å². The number of hydrogen-bond donors (Lipinski definition) is 2. The lowest BCUT2D eigenvalue weighted by Crippen LogP contribution is -2.12. The van der Waals surface area contributed by atoms with Crippen molar-refractivity contribution in [3.63, 3.8) is 0 Å². The molecule has 1 heterocycles. The Bertz CT molecular complexity index is 654. The SMILES string of the molecule is Cc1cc(NC(=O)c2sc(N(C)C)nc2N)ccc1Br. The Kier molecular flexibility index (Phi) is 4.29. The van der Waals surface area contributed by atoms with E-state index in [1.807, 2.05) is 44.1 Å². The van der Waals surface area contributed by atoms with Gasteiger partial charge in [-0.3, -0.25) is 4.79 Å². The number of nitrogens with zero attached hydrogens (tertiary/aromatic N) is 2. The smallest absolute Gasteiger partial charge is 0.269 e. The molecule has 0 spiro atoms. The van der Waals surface area contributed by atoms with Crippen molar-refractivity contribution in [3.8, 4) is 0 Å². The second-order valence-electron chi connectivity index (χ2n) is 4.52. The third-order valence-electron chi connectivity index (χ3n) is 2.65. The minimum absolute atomic E-state index is 0.241. The second-order valence-corrected chi connectivity index (χ2v) is 6.36. The molecule has 0 unspecified atom stereocenters. The summed E-state index contributed by atoms with van der Waals surface area (Å²) in [5, 5.41) is 3.54. The molecule has 20 heavy (non-hydrogen) atoms. The molecular weight excluding hydrogens is 340 g/mol. The number of nitrogen functional groups attached to an aromatic ring is 1. The number of carbonyl (C=O) groups excluding carboxylic acids is 1. The van der Waals surface area contributed by atoms with Crippen LogP contribution in [-0.2, 0) is 0 Å². The number of thiazole rings is 1. The van der Waals surface area contributed by atoms with E-state index in [-0.39, 0.29) is 11.7 Å². The molecule has 2 aromatic rings. The van der Waals surface area contributed by atoms with Crippen LogP contribution in [0.2, 0.25) is 0 Å². The number of halogens is 1. The number of carbonyl (C=O) groups is 1. The van der Waals surface area contributed by atoms with Crippen molar-refractivity contribution in [1.82, 2.24) is 4.98 Å². The highest BCUT2D eigenvalue weighted by molar-refractivity contribution is 9.10. The number of aromatic nitrogens is 1. The van der Waals surface area contributed by atoms with Crippen LogP contribution >= 0.6 is 27.3 Å². The van der Waals surface area contributed by atoms with E-state index in [1.165, 1.54) is 11.3 Å². The third kappa shape index (κ3) is 3.10. The van der Waals surface area contributed by atoms with Crippen molar-refractivity contribution in [2.45, 2.75) is 6.92 Å². The molecule has 1 aromatic heterocycles. The molecule has 0 atom stereocenters. The van der Waals surface area contributed by atoms with Gasteiger partial charge in [-0.25, -0.2) is 4.98 Å². The van der Waals surface area contributed by atoms with Gasteiger partial charge in [0, 0.05) is 24.3 Å². The van der Waals surface area contributed by atoms with Gasteiger partial charge in [0.25, 0.3) is 5.91 Å². The third-order valence-corrected chi connectivity index (χ3v) is 4.77. The van der Waals surface area contributed by atoms with Crippen molar-refractivity contribution in [2.75, 3.05) is 30.0 Å². The summed E-state index contributed by atoms with van der Waals surface area (Å²) >= 11 is 4.70. The normalized spacial score (nSPS) is 10.4. The highest BCUT2D eigenvalue weighted by atomic mass is 79.9. The summed E-state index contributed by atoms with van der Waals surface area (Å²) in [7, 11) is 3.72. The molecule has 2 rings (SSSR count). The molecule has 0 fully saturated rings. The van der Waals surface area contributed by atoms with E-state index in [2.05, 4.69) is 26.2 Å². The topological polar surface area (TPSA) is 71.2 Å². The molecule has 1 aromatic carbocycles. The van der Waals surface area contributed by atoms with E-state index in [0.717, 1.165) is 15.7 Å². The van der Waals surface area contributed by atoms with E-state index in [0.29, 0.717) is 10.0 Å². The standard InChI is InChI=1S/C13H15BrN4OS/c1-7-6-8(4-5-9(7)14)16-12(19)10-11(15)17-13(20-10)18(2)3/h4-6H,15H2,1-3H3,(H,16,19). The van der Waals surface area contributed by atoms with E-state index in [1.54, 1.807) is 0 Å². The first-order valence-corrected chi connectivity index (χ1v) is 7.50. The van der Waals surface area contributed by atoms with Gasteiger partial charge in [0.05, 0.1) is 0 Å². The predicted molar refractivity (Wildman–Crippen MR) is 87.7 cm³/mol. The zero-order valence-corrected chi connectivity index (χ0v) is 13.8. The first-order chi connectivity index (χ1) is 9.38. The molecule has 106 valence electrons. The van der Waals surface area contributed by atoms with Gasteiger partial charge in [-0.15, -0.1) is 0 Å². The van der Waals surface area contributed by atoms with Crippen molar-refractivity contribution in [1.29, 1.82) is 0 Å². The molecule has 0 saturated heterocycles. The molecule has 0 saturated carbocycles. The van der Waals surface area contributed by atoms with Crippen molar-refractivity contribution in [2.24, 2.45) is 0 Å². The maximum atomic E-state index is 12.2. The van der Waals surface area contributed by atoms with Crippen LogP contribution in [0.1, 0.15) is 15.2 Å². The van der Waals surface area contributed by atoms with Gasteiger partial charge in [-0.2, -0.15) is 0 Å². The molecule has 7 heteroatoms. The summed E-state index contributed by atoms with van der Waals surface area (Å²) in [6.45, 7) is 1.96. The van der Waals surface area contributed by atoms with Gasteiger partial charge in [0.2, 0.25) is 0 Å². The second kappa shape index (κ2) is 5.80. The van der Waals surface area contributed by atoms with Crippen LogP contribution < -0.4 is 16.0 Å². The van der Waals surface area contributed by atoms with Crippen LogP contribution in [0.4, 0.5) is 16.6 Å². The van der Waals surface area contributed by atoms with Crippen LogP contribution in [0.5, 0.6) is 0 Å². The molecule has 0 aliphatic heterocycles. The molecular formula is C13H15BrN4OS. The van der Waals surface area contributed by atoms with Crippen molar-refractivity contribution in [3.05, 3.63) is 33.1 Å². The summed E-state index contributed by atoms with van der Waals surface area (Å²) in [5.41, 5.74) is 7.57. The fourth-order valence-corrected chi connectivity index (χ4v) is 2.63. The van der Waals surface area contributed by atoms with E-state index in [4.69, 9.17) is 5.73 Å². The summed E-state index contributed by atoms with van der Waals surface area (Å²) < 4.78 is 1.00. The molecule has 0 aliphatic rings. The van der Waals surface area contributed by atoms with Crippen molar-refractivity contribution >= 4 is 49.8 Å². The molecule has 5 nitrogen and oxygen atoms in total. The van der Waals surface area contributed by atoms with Crippen LogP contribution in [0.3, 0.4) is 0 Å². The minimum atomic E-state index is -0.241. The lowest BCUT2D eigenvalue weighted by Gasteiger charge is -2.06. The minimum Gasteiger partial charge on any atom is -0.382 e. The number of rotatable bonds is 3. The molecule has 0 bridgehead atoms. The Morgan fingerprint density at radius 3 is 2.70 bits per heavy atom. The monoisotopic (exact) mass is 354 g/mol. The average molecular weight is 355 g/mol. The molecule has 0 aliphatic carbocycles. The fourth-order valence-electron chi connectivity index (χ4n) is 1.58. The lowest BCUT2D eigenvalue weighted by molar-refractivity contribution is 0.103. The number of nitrogens with one attached hydrogen (secondary N) is 1. The van der Waals surface area contributed by atoms with E-state index >= 15 is 0 Å². The summed E-state index contributed by atoms with van der Waals surface area (Å²) in [4.78, 5) is 18.6. The van der Waals surface area contributed by atoms with Crippen LogP contribution in [-0.4, -0.2) is 25.0 Å². The number of aryl methyl sites for hydroxylation is 1. The number of anilines is 3. The van der Waals surface area contributed by atoms with Gasteiger partial charge in [-0.1, -0.05) is 27.3 Å². The van der Waals surface area contributed by atoms with E-state index in [9.17, 15) is 4.79 Å². The van der Waals surface area contributed by atoms with Crippen LogP contribution in [0, 0.1) is 6.92 Å². The largest absolute Gasteiger partial charge is 0.382 e. The Hall–Kier alpha value is -1.60. The Balaban J connectivity index is 2.21. The molecule has 3 N–H and O–H groups in total. The number of nitrogens with two attached hydrogens (primary N) is 1. The number of amides is 1. The summed E-state index contributed by atoms with van der Waals surface area (Å²) in [6, 6.07) is 5.62. The Labute approximate surface area is 129 Å². The average Bonchev–Trinajstić information content (AvgIpc) is 2.76. The lowest BCUT2D eigenvalue weighted by atomic mass is 10.2. The zero-order valence-electron chi connectivity index (χ0n) is 11.4. The van der Waals surface area contributed by atoms with E-state index < -0.39 is 0 Å². The Morgan fingerprint density at radius 1 is 1.45 bits per heavy atom. The number of hydrogen-bond acceptors (Lipinski definition) is 5. The van der Waals surface area contributed by atoms with Gasteiger partial charge < -0.3 is 16.0 Å². The highest BCUT2D eigenvalue weighted by Crippen LogP contribution is 2.28. The maximum absolute atomic E-state index is 12.2. The maximum Gasteiger partial charge on any atom is 0.269 e. The fraction of sp³-hybridized carbons (Fsp3) is 0.231. The van der Waals surface area contributed by atoms with Gasteiger partial charge in [0.1, 0.15) is 10.7 Å². The predicted octanol–water partition coefficient (Wildman–Crippen LogP) is 3.11. The highest BCUT2D eigenvalue weighted by Gasteiger charge is 2.17. The number of benzene rings is 1. The first-order valence-electron chi connectivity index (χ1n) is 5.89. The molecule has 1 amide bonds. The van der Waals surface area contributed by atoms with Gasteiger partial charge >= 0.3 is 0 Å². The molecule has 0 radical (unpaired) electrons. The summed E-state index contributed by atoms with van der Waals surface area (Å²) in [5.74, 6) is 0.0138. The quantitative estimate of drug-likeness (QED) is 0.888.